The highest BCUT2D eigenvalue weighted by atomic mass is 19.1. The second kappa shape index (κ2) is 7.68. The average Bonchev–Trinajstić information content (AvgIpc) is 3.14. The SMILES string of the molecule is CN=C(NCc1ccc(F)c(C)c1)N1CCC(C)C(n2ccnc2)C1. The zero-order chi connectivity index (χ0) is 17.8. The summed E-state index contributed by atoms with van der Waals surface area (Å²) in [6.07, 6.45) is 6.86. The van der Waals surface area contributed by atoms with Gasteiger partial charge in [-0.3, -0.25) is 4.99 Å². The van der Waals surface area contributed by atoms with E-state index in [2.05, 4.69) is 31.7 Å². The molecule has 1 aliphatic rings. The number of guanidine groups is 1. The van der Waals surface area contributed by atoms with Crippen molar-refractivity contribution in [2.24, 2.45) is 10.9 Å². The number of benzene rings is 1. The van der Waals surface area contributed by atoms with Crippen LogP contribution < -0.4 is 5.32 Å². The maximum absolute atomic E-state index is 13.4. The molecule has 6 heteroatoms. The van der Waals surface area contributed by atoms with Crippen LogP contribution in [0, 0.1) is 18.7 Å². The first kappa shape index (κ1) is 17.5. The third kappa shape index (κ3) is 4.00. The van der Waals surface area contributed by atoms with Crippen molar-refractivity contribution in [2.45, 2.75) is 32.9 Å². The zero-order valence-electron chi connectivity index (χ0n) is 15.1. The van der Waals surface area contributed by atoms with E-state index in [9.17, 15) is 4.39 Å². The van der Waals surface area contributed by atoms with Gasteiger partial charge >= 0.3 is 0 Å². The molecule has 2 aromatic rings. The minimum atomic E-state index is -0.165. The summed E-state index contributed by atoms with van der Waals surface area (Å²) in [6, 6.07) is 5.60. The number of hydrogen-bond acceptors (Lipinski definition) is 2. The monoisotopic (exact) mass is 343 g/mol. The Bertz CT molecular complexity index is 725. The van der Waals surface area contributed by atoms with Crippen molar-refractivity contribution < 1.29 is 4.39 Å². The first-order valence-corrected chi connectivity index (χ1v) is 8.76. The Kier molecular flexibility index (Phi) is 5.36. The van der Waals surface area contributed by atoms with Crippen molar-refractivity contribution in [1.82, 2.24) is 19.8 Å². The molecule has 1 saturated heterocycles. The molecular weight excluding hydrogens is 317 g/mol. The van der Waals surface area contributed by atoms with Gasteiger partial charge in [-0.05, 0) is 36.5 Å². The van der Waals surface area contributed by atoms with Crippen LogP contribution in [-0.4, -0.2) is 40.5 Å². The summed E-state index contributed by atoms with van der Waals surface area (Å²) in [5.74, 6) is 1.32. The molecule has 1 aliphatic heterocycles. The van der Waals surface area contributed by atoms with Gasteiger partial charge in [-0.25, -0.2) is 9.37 Å². The smallest absolute Gasteiger partial charge is 0.193 e. The number of aryl methyl sites for hydroxylation is 1. The highest BCUT2D eigenvalue weighted by Crippen LogP contribution is 2.27. The molecule has 5 nitrogen and oxygen atoms in total. The van der Waals surface area contributed by atoms with Gasteiger partial charge in [0.15, 0.2) is 5.96 Å². The topological polar surface area (TPSA) is 45.5 Å². The predicted molar refractivity (Wildman–Crippen MR) is 98.0 cm³/mol. The molecule has 3 rings (SSSR count). The summed E-state index contributed by atoms with van der Waals surface area (Å²) in [4.78, 5) is 10.9. The van der Waals surface area contributed by atoms with E-state index in [4.69, 9.17) is 0 Å². The van der Waals surface area contributed by atoms with E-state index >= 15 is 0 Å². The number of nitrogens with zero attached hydrogens (tertiary/aromatic N) is 4. The van der Waals surface area contributed by atoms with Gasteiger partial charge in [0.05, 0.1) is 12.4 Å². The Hall–Kier alpha value is -2.37. The minimum absolute atomic E-state index is 0.165. The zero-order valence-corrected chi connectivity index (χ0v) is 15.1. The third-order valence-electron chi connectivity index (χ3n) is 5.01. The molecule has 0 amide bonds. The molecule has 0 saturated carbocycles. The summed E-state index contributed by atoms with van der Waals surface area (Å²) in [6.45, 7) is 6.60. The molecule has 2 atom stereocenters. The van der Waals surface area contributed by atoms with E-state index in [1.807, 2.05) is 37.9 Å². The van der Waals surface area contributed by atoms with Crippen molar-refractivity contribution in [3.63, 3.8) is 0 Å². The second-order valence-corrected chi connectivity index (χ2v) is 6.77. The molecule has 1 aromatic carbocycles. The van der Waals surface area contributed by atoms with E-state index < -0.39 is 0 Å². The Morgan fingerprint density at radius 3 is 2.96 bits per heavy atom. The Morgan fingerprint density at radius 1 is 1.44 bits per heavy atom. The number of halogens is 1. The standard InChI is InChI=1S/C19H26FN5/c1-14-6-8-24(12-18(14)25-9-7-22-13-25)19(21-3)23-11-16-4-5-17(20)15(2)10-16/h4-5,7,9-10,13-14,18H,6,8,11-12H2,1-3H3,(H,21,23). The molecule has 0 spiro atoms. The van der Waals surface area contributed by atoms with Crippen molar-refractivity contribution in [1.29, 1.82) is 0 Å². The van der Waals surface area contributed by atoms with Crippen LogP contribution in [0.15, 0.2) is 41.9 Å². The fraction of sp³-hybridized carbons (Fsp3) is 0.474. The fourth-order valence-corrected chi connectivity index (χ4v) is 3.43. The fourth-order valence-electron chi connectivity index (χ4n) is 3.43. The van der Waals surface area contributed by atoms with Gasteiger partial charge in [0.25, 0.3) is 0 Å². The summed E-state index contributed by atoms with van der Waals surface area (Å²) < 4.78 is 15.6. The third-order valence-corrected chi connectivity index (χ3v) is 5.01. The van der Waals surface area contributed by atoms with Gasteiger partial charge in [-0.15, -0.1) is 0 Å². The van der Waals surface area contributed by atoms with E-state index in [0.29, 0.717) is 24.1 Å². The molecule has 25 heavy (non-hydrogen) atoms. The molecule has 134 valence electrons. The van der Waals surface area contributed by atoms with Crippen LogP contribution in [0.3, 0.4) is 0 Å². The summed E-state index contributed by atoms with van der Waals surface area (Å²) in [5, 5.41) is 3.41. The van der Waals surface area contributed by atoms with Gasteiger partial charge in [0, 0.05) is 39.1 Å². The molecule has 0 aliphatic carbocycles. The van der Waals surface area contributed by atoms with Crippen LogP contribution in [0.2, 0.25) is 0 Å². The highest BCUT2D eigenvalue weighted by Gasteiger charge is 2.28. The van der Waals surface area contributed by atoms with Crippen LogP contribution in [-0.2, 0) is 6.54 Å². The maximum Gasteiger partial charge on any atom is 0.193 e. The number of likely N-dealkylation sites (tertiary alicyclic amines) is 1. The van der Waals surface area contributed by atoms with Crippen molar-refractivity contribution in [2.75, 3.05) is 20.1 Å². The van der Waals surface area contributed by atoms with E-state index in [1.165, 1.54) is 6.07 Å². The number of imidazole rings is 1. The van der Waals surface area contributed by atoms with Crippen molar-refractivity contribution in [3.8, 4) is 0 Å². The lowest BCUT2D eigenvalue weighted by Gasteiger charge is -2.39. The van der Waals surface area contributed by atoms with E-state index in [0.717, 1.165) is 31.0 Å². The van der Waals surface area contributed by atoms with Crippen LogP contribution in [0.5, 0.6) is 0 Å². The largest absolute Gasteiger partial charge is 0.352 e. The first-order chi connectivity index (χ1) is 12.1. The molecule has 2 unspecified atom stereocenters. The molecule has 2 heterocycles. The van der Waals surface area contributed by atoms with Crippen molar-refractivity contribution >= 4 is 5.96 Å². The summed E-state index contributed by atoms with van der Waals surface area (Å²) >= 11 is 0. The Labute approximate surface area is 148 Å². The molecule has 1 aromatic heterocycles. The van der Waals surface area contributed by atoms with E-state index in [-0.39, 0.29) is 5.82 Å². The lowest BCUT2D eigenvalue weighted by Crippen LogP contribution is -2.48. The van der Waals surface area contributed by atoms with Crippen LogP contribution in [0.1, 0.15) is 30.5 Å². The molecule has 0 radical (unpaired) electrons. The number of aliphatic imine (C=N–C) groups is 1. The number of aromatic nitrogens is 2. The lowest BCUT2D eigenvalue weighted by atomic mass is 9.93. The van der Waals surface area contributed by atoms with Gasteiger partial charge in [-0.1, -0.05) is 19.1 Å². The van der Waals surface area contributed by atoms with Crippen molar-refractivity contribution in [3.05, 3.63) is 53.9 Å². The molecule has 0 bridgehead atoms. The molecular formula is C19H26FN5. The first-order valence-electron chi connectivity index (χ1n) is 8.76. The maximum atomic E-state index is 13.4. The average molecular weight is 343 g/mol. The Morgan fingerprint density at radius 2 is 2.28 bits per heavy atom. The van der Waals surface area contributed by atoms with E-state index in [1.54, 1.807) is 6.92 Å². The van der Waals surface area contributed by atoms with Crippen LogP contribution in [0.4, 0.5) is 4.39 Å². The second-order valence-electron chi connectivity index (χ2n) is 6.77. The minimum Gasteiger partial charge on any atom is -0.352 e. The van der Waals surface area contributed by atoms with Crippen LogP contribution >= 0.6 is 0 Å². The molecule has 1 N–H and O–H groups in total. The van der Waals surface area contributed by atoms with Crippen LogP contribution in [0.25, 0.3) is 0 Å². The summed E-state index contributed by atoms with van der Waals surface area (Å²) in [5.41, 5.74) is 1.72. The van der Waals surface area contributed by atoms with Gasteiger partial charge in [-0.2, -0.15) is 0 Å². The Balaban J connectivity index is 1.65. The quantitative estimate of drug-likeness (QED) is 0.688. The predicted octanol–water partition coefficient (Wildman–Crippen LogP) is 2.99. The van der Waals surface area contributed by atoms with Gasteiger partial charge < -0.3 is 14.8 Å². The highest BCUT2D eigenvalue weighted by molar-refractivity contribution is 5.80. The number of rotatable bonds is 3. The van der Waals surface area contributed by atoms with Gasteiger partial charge in [0.1, 0.15) is 5.82 Å². The number of piperidine rings is 1. The molecule has 1 fully saturated rings. The van der Waals surface area contributed by atoms with Gasteiger partial charge in [0.2, 0.25) is 0 Å². The number of nitrogens with one attached hydrogen (secondary N) is 1. The summed E-state index contributed by atoms with van der Waals surface area (Å²) in [7, 11) is 1.81. The number of hydrogen-bond donors (Lipinski definition) is 1. The normalized spacial score (nSPS) is 21.4. The lowest BCUT2D eigenvalue weighted by molar-refractivity contribution is 0.189.